The number of carbonyl (C=O) groups excluding carboxylic acids is 1. The van der Waals surface area contributed by atoms with E-state index >= 15 is 0 Å². The van der Waals surface area contributed by atoms with E-state index in [0.29, 0.717) is 23.7 Å². The first-order valence-electron chi connectivity index (χ1n) is 8.59. The molecule has 2 aromatic heterocycles. The van der Waals surface area contributed by atoms with Gasteiger partial charge in [-0.1, -0.05) is 17.3 Å². The third-order valence-electron chi connectivity index (χ3n) is 3.94. The molecule has 0 unspecified atom stereocenters. The lowest BCUT2D eigenvalue weighted by Gasteiger charge is -1.97. The van der Waals surface area contributed by atoms with Crippen LogP contribution >= 0.6 is 0 Å². The molecule has 2 aromatic carbocycles. The Morgan fingerprint density at radius 1 is 1.21 bits per heavy atom. The van der Waals surface area contributed by atoms with Crippen LogP contribution in [0.15, 0.2) is 59.3 Å². The molecular formula is C20H19FN4O3. The van der Waals surface area contributed by atoms with E-state index in [1.165, 1.54) is 31.3 Å². The number of halogens is 1. The van der Waals surface area contributed by atoms with Gasteiger partial charge in [0.2, 0.25) is 11.7 Å². The Labute approximate surface area is 160 Å². The van der Waals surface area contributed by atoms with Gasteiger partial charge in [-0.15, -0.1) is 0 Å². The van der Waals surface area contributed by atoms with E-state index < -0.39 is 0 Å². The summed E-state index contributed by atoms with van der Waals surface area (Å²) in [6, 6.07) is 13.3. The highest BCUT2D eigenvalue weighted by molar-refractivity contribution is 5.93. The molecule has 3 N–H and O–H groups in total. The van der Waals surface area contributed by atoms with E-state index in [0.717, 1.165) is 16.5 Å². The molecule has 28 heavy (non-hydrogen) atoms. The number of nitrogens with zero attached hydrogens (tertiary/aromatic N) is 2. The van der Waals surface area contributed by atoms with Gasteiger partial charge in [0.15, 0.2) is 0 Å². The Kier molecular flexibility index (Phi) is 6.13. The molecule has 0 fully saturated rings. The third kappa shape index (κ3) is 4.60. The minimum Gasteiger partial charge on any atom is -0.396 e. The van der Waals surface area contributed by atoms with Crippen LogP contribution in [0, 0.1) is 5.82 Å². The largest absolute Gasteiger partial charge is 0.396 e. The zero-order valence-electron chi connectivity index (χ0n) is 15.1. The van der Waals surface area contributed by atoms with Crippen molar-refractivity contribution in [1.29, 1.82) is 0 Å². The Morgan fingerprint density at radius 3 is 2.71 bits per heavy atom. The minimum absolute atomic E-state index is 0.0112. The van der Waals surface area contributed by atoms with Gasteiger partial charge in [-0.3, -0.25) is 4.79 Å². The fourth-order valence-electron chi connectivity index (χ4n) is 2.50. The van der Waals surface area contributed by atoms with Crippen LogP contribution in [-0.4, -0.2) is 39.8 Å². The number of amides is 1. The molecule has 0 saturated carbocycles. The molecule has 0 radical (unpaired) electrons. The van der Waals surface area contributed by atoms with Crippen LogP contribution in [0.4, 0.5) is 4.39 Å². The van der Waals surface area contributed by atoms with E-state index in [9.17, 15) is 9.18 Å². The van der Waals surface area contributed by atoms with Gasteiger partial charge in [-0.2, -0.15) is 4.98 Å². The van der Waals surface area contributed by atoms with Gasteiger partial charge in [0.1, 0.15) is 5.82 Å². The van der Waals surface area contributed by atoms with Crippen molar-refractivity contribution in [2.24, 2.45) is 0 Å². The summed E-state index contributed by atoms with van der Waals surface area (Å²) in [6.45, 7) is 0.0112. The van der Waals surface area contributed by atoms with E-state index in [-0.39, 0.29) is 18.3 Å². The fraction of sp³-hybridized carbons (Fsp3) is 0.150. The maximum absolute atomic E-state index is 12.3. The fourth-order valence-corrected chi connectivity index (χ4v) is 2.50. The molecule has 4 aromatic rings. The van der Waals surface area contributed by atoms with Crippen LogP contribution in [-0.2, 0) is 6.42 Å². The Hall–Kier alpha value is -3.52. The lowest BCUT2D eigenvalue weighted by Crippen LogP contribution is -2.17. The first kappa shape index (κ1) is 19.2. The number of rotatable bonds is 4. The second kappa shape index (κ2) is 8.92. The molecule has 0 saturated heterocycles. The van der Waals surface area contributed by atoms with Crippen molar-refractivity contribution >= 4 is 16.8 Å². The van der Waals surface area contributed by atoms with Crippen molar-refractivity contribution in [3.05, 3.63) is 72.0 Å². The van der Waals surface area contributed by atoms with Crippen LogP contribution in [0.1, 0.15) is 16.2 Å². The number of nitrogens with one attached hydrogen (secondary N) is 2. The molecule has 0 aliphatic heterocycles. The van der Waals surface area contributed by atoms with E-state index in [1.54, 1.807) is 0 Å². The van der Waals surface area contributed by atoms with Crippen molar-refractivity contribution < 1.29 is 18.8 Å². The average Bonchev–Trinajstić information content (AvgIpc) is 3.37. The highest BCUT2D eigenvalue weighted by Crippen LogP contribution is 2.21. The monoisotopic (exact) mass is 382 g/mol. The van der Waals surface area contributed by atoms with E-state index in [4.69, 9.17) is 9.63 Å². The summed E-state index contributed by atoms with van der Waals surface area (Å²) < 4.78 is 17.3. The molecule has 144 valence electrons. The molecule has 0 atom stereocenters. The maximum Gasteiger partial charge on any atom is 0.251 e. The quantitative estimate of drug-likeness (QED) is 0.503. The standard InChI is InChI=1S/C12H11N3O2.C8H8FNO/c16-6-4-11-14-12(15-17-11)9-2-1-8-3-5-13-10(8)7-9;1-10-8(11)6-2-4-7(9)5-3-6/h1-3,5,7,13,16H,4,6H2;2-5H,1H3,(H,10,11). The van der Waals surface area contributed by atoms with Crippen LogP contribution in [0.3, 0.4) is 0 Å². The molecule has 0 spiro atoms. The number of aliphatic hydroxyl groups excluding tert-OH is 1. The summed E-state index contributed by atoms with van der Waals surface area (Å²) in [5.41, 5.74) is 2.40. The van der Waals surface area contributed by atoms with Gasteiger partial charge in [-0.25, -0.2) is 4.39 Å². The first-order valence-corrected chi connectivity index (χ1v) is 8.59. The zero-order chi connectivity index (χ0) is 19.9. The molecule has 4 rings (SSSR count). The number of carbonyl (C=O) groups is 1. The minimum atomic E-state index is -0.336. The number of aromatic amines is 1. The zero-order valence-corrected chi connectivity index (χ0v) is 15.1. The molecule has 0 aliphatic rings. The summed E-state index contributed by atoms with van der Waals surface area (Å²) in [5, 5.41) is 16.3. The average molecular weight is 382 g/mol. The van der Waals surface area contributed by atoms with Crippen molar-refractivity contribution in [3.8, 4) is 11.4 Å². The SMILES string of the molecule is CNC(=O)c1ccc(F)cc1.OCCc1nc(-c2ccc3cc[nH]c3c2)no1. The van der Waals surface area contributed by atoms with Crippen molar-refractivity contribution in [2.45, 2.75) is 6.42 Å². The lowest BCUT2D eigenvalue weighted by atomic mass is 10.1. The Morgan fingerprint density at radius 2 is 2.00 bits per heavy atom. The summed E-state index contributed by atoms with van der Waals surface area (Å²) in [6.07, 6.45) is 2.28. The number of aliphatic hydroxyl groups is 1. The van der Waals surface area contributed by atoms with Gasteiger partial charge in [0.25, 0.3) is 5.91 Å². The predicted octanol–water partition coefficient (Wildman–Crippen LogP) is 2.94. The summed E-state index contributed by atoms with van der Waals surface area (Å²) in [5.74, 6) is 0.460. The second-order valence-corrected chi connectivity index (χ2v) is 5.85. The highest BCUT2D eigenvalue weighted by Gasteiger charge is 2.08. The predicted molar refractivity (Wildman–Crippen MR) is 102 cm³/mol. The maximum atomic E-state index is 12.3. The molecule has 8 heteroatoms. The number of hydrogen-bond acceptors (Lipinski definition) is 5. The first-order chi connectivity index (χ1) is 13.6. The molecule has 0 bridgehead atoms. The van der Waals surface area contributed by atoms with E-state index in [1.807, 2.05) is 30.5 Å². The number of fused-ring (bicyclic) bond motifs is 1. The molecule has 2 heterocycles. The number of benzene rings is 2. The molecule has 7 nitrogen and oxygen atoms in total. The highest BCUT2D eigenvalue weighted by atomic mass is 19.1. The van der Waals surface area contributed by atoms with Gasteiger partial charge in [-0.05, 0) is 41.8 Å². The van der Waals surface area contributed by atoms with Gasteiger partial charge < -0.3 is 19.9 Å². The van der Waals surface area contributed by atoms with Crippen molar-refractivity contribution in [3.63, 3.8) is 0 Å². The van der Waals surface area contributed by atoms with Gasteiger partial charge in [0, 0.05) is 29.9 Å². The summed E-state index contributed by atoms with van der Waals surface area (Å²) >= 11 is 0. The van der Waals surface area contributed by atoms with Gasteiger partial charge in [0.05, 0.1) is 13.0 Å². The molecular weight excluding hydrogens is 363 g/mol. The summed E-state index contributed by atoms with van der Waals surface area (Å²) in [7, 11) is 1.53. The molecule has 1 amide bonds. The van der Waals surface area contributed by atoms with Crippen molar-refractivity contribution in [1.82, 2.24) is 20.4 Å². The number of hydrogen-bond donors (Lipinski definition) is 3. The number of aromatic nitrogens is 3. The second-order valence-electron chi connectivity index (χ2n) is 5.85. The van der Waals surface area contributed by atoms with Crippen molar-refractivity contribution in [2.75, 3.05) is 13.7 Å². The smallest absolute Gasteiger partial charge is 0.251 e. The number of H-pyrrole nitrogens is 1. The third-order valence-corrected chi connectivity index (χ3v) is 3.94. The van der Waals surface area contributed by atoms with E-state index in [2.05, 4.69) is 20.4 Å². The normalized spacial score (nSPS) is 10.4. The topological polar surface area (TPSA) is 104 Å². The van der Waals surface area contributed by atoms with Crippen LogP contribution in [0.5, 0.6) is 0 Å². The van der Waals surface area contributed by atoms with Gasteiger partial charge >= 0.3 is 0 Å². The molecule has 0 aliphatic carbocycles. The van der Waals surface area contributed by atoms with Crippen LogP contribution in [0.2, 0.25) is 0 Å². The van der Waals surface area contributed by atoms with Crippen LogP contribution in [0.25, 0.3) is 22.3 Å². The summed E-state index contributed by atoms with van der Waals surface area (Å²) in [4.78, 5) is 18.2. The van der Waals surface area contributed by atoms with Crippen LogP contribution < -0.4 is 5.32 Å². The Bertz CT molecular complexity index is 1060. The lowest BCUT2D eigenvalue weighted by molar-refractivity contribution is 0.0963. The Balaban J connectivity index is 0.000000178.